The lowest BCUT2D eigenvalue weighted by Crippen LogP contribution is -1.97. The van der Waals surface area contributed by atoms with E-state index in [0.717, 1.165) is 5.56 Å². The standard InChI is InChI=1S/C9H8ClN3/c10-9-8(2-1-3-12-9)6-13-5-4-11-7-13/h1-5,7H,6H2. The minimum absolute atomic E-state index is 0.552. The summed E-state index contributed by atoms with van der Waals surface area (Å²) in [6.45, 7) is 0.715. The Morgan fingerprint density at radius 1 is 1.38 bits per heavy atom. The van der Waals surface area contributed by atoms with Crippen molar-refractivity contribution in [3.8, 4) is 0 Å². The molecule has 0 aliphatic rings. The molecule has 0 amide bonds. The second-order valence-electron chi connectivity index (χ2n) is 2.69. The van der Waals surface area contributed by atoms with E-state index >= 15 is 0 Å². The van der Waals surface area contributed by atoms with Crippen molar-refractivity contribution < 1.29 is 0 Å². The molecule has 66 valence electrons. The molecule has 13 heavy (non-hydrogen) atoms. The van der Waals surface area contributed by atoms with Crippen LogP contribution in [0.4, 0.5) is 0 Å². The number of hydrogen-bond donors (Lipinski definition) is 0. The van der Waals surface area contributed by atoms with Gasteiger partial charge in [0.2, 0.25) is 0 Å². The van der Waals surface area contributed by atoms with Crippen LogP contribution >= 0.6 is 11.6 Å². The van der Waals surface area contributed by atoms with Crippen LogP contribution in [0.3, 0.4) is 0 Å². The molecule has 0 saturated carbocycles. The van der Waals surface area contributed by atoms with Crippen molar-refractivity contribution in [1.29, 1.82) is 0 Å². The zero-order valence-corrected chi connectivity index (χ0v) is 7.65. The smallest absolute Gasteiger partial charge is 0.133 e. The molecule has 0 aliphatic carbocycles. The van der Waals surface area contributed by atoms with Gasteiger partial charge in [-0.15, -0.1) is 0 Å². The molecular weight excluding hydrogens is 186 g/mol. The van der Waals surface area contributed by atoms with Crippen LogP contribution in [0.5, 0.6) is 0 Å². The summed E-state index contributed by atoms with van der Waals surface area (Å²) in [6.07, 6.45) is 7.07. The second-order valence-corrected chi connectivity index (χ2v) is 3.05. The van der Waals surface area contributed by atoms with Crippen LogP contribution in [0.15, 0.2) is 37.1 Å². The molecule has 0 atom stereocenters. The Kier molecular flexibility index (Phi) is 2.27. The van der Waals surface area contributed by atoms with Gasteiger partial charge >= 0.3 is 0 Å². The maximum atomic E-state index is 5.90. The topological polar surface area (TPSA) is 30.7 Å². The lowest BCUT2D eigenvalue weighted by molar-refractivity contribution is 0.793. The molecule has 0 aromatic carbocycles. The molecule has 2 aromatic rings. The van der Waals surface area contributed by atoms with Crippen LogP contribution in [0.1, 0.15) is 5.56 Å². The molecule has 4 heteroatoms. The molecule has 0 aliphatic heterocycles. The first-order valence-electron chi connectivity index (χ1n) is 3.91. The van der Waals surface area contributed by atoms with Crippen molar-refractivity contribution in [2.24, 2.45) is 0 Å². The van der Waals surface area contributed by atoms with Crippen molar-refractivity contribution in [2.75, 3.05) is 0 Å². The number of imidazole rings is 1. The van der Waals surface area contributed by atoms with E-state index in [9.17, 15) is 0 Å². The molecule has 0 spiro atoms. The second kappa shape index (κ2) is 3.58. The van der Waals surface area contributed by atoms with Gasteiger partial charge in [-0.3, -0.25) is 0 Å². The Morgan fingerprint density at radius 3 is 3.00 bits per heavy atom. The first kappa shape index (κ1) is 8.26. The molecule has 2 rings (SSSR count). The number of aromatic nitrogens is 3. The van der Waals surface area contributed by atoms with Gasteiger partial charge in [-0.05, 0) is 6.07 Å². The van der Waals surface area contributed by atoms with Gasteiger partial charge in [0.25, 0.3) is 0 Å². The fourth-order valence-electron chi connectivity index (χ4n) is 1.11. The lowest BCUT2D eigenvalue weighted by Gasteiger charge is -2.02. The average molecular weight is 194 g/mol. The molecule has 0 radical (unpaired) electrons. The van der Waals surface area contributed by atoms with Crippen molar-refractivity contribution in [3.63, 3.8) is 0 Å². The van der Waals surface area contributed by atoms with Gasteiger partial charge < -0.3 is 4.57 Å². The summed E-state index contributed by atoms with van der Waals surface area (Å²) in [5.74, 6) is 0. The van der Waals surface area contributed by atoms with E-state index in [4.69, 9.17) is 11.6 Å². The van der Waals surface area contributed by atoms with E-state index < -0.39 is 0 Å². The van der Waals surface area contributed by atoms with Crippen LogP contribution in [-0.4, -0.2) is 14.5 Å². The highest BCUT2D eigenvalue weighted by atomic mass is 35.5. The number of hydrogen-bond acceptors (Lipinski definition) is 2. The Labute approximate surface area is 81.0 Å². The highest BCUT2D eigenvalue weighted by Crippen LogP contribution is 2.12. The number of rotatable bonds is 2. The van der Waals surface area contributed by atoms with Crippen LogP contribution < -0.4 is 0 Å². The van der Waals surface area contributed by atoms with Gasteiger partial charge in [-0.25, -0.2) is 9.97 Å². The SMILES string of the molecule is Clc1ncccc1Cn1ccnc1. The Hall–Kier alpha value is -1.35. The quantitative estimate of drug-likeness (QED) is 0.683. The Morgan fingerprint density at radius 2 is 2.31 bits per heavy atom. The van der Waals surface area contributed by atoms with Gasteiger partial charge in [-0.1, -0.05) is 17.7 Å². The summed E-state index contributed by atoms with van der Waals surface area (Å²) in [7, 11) is 0. The zero-order valence-electron chi connectivity index (χ0n) is 6.89. The van der Waals surface area contributed by atoms with E-state index in [1.807, 2.05) is 22.9 Å². The summed E-state index contributed by atoms with van der Waals surface area (Å²) in [6, 6.07) is 3.83. The number of pyridine rings is 1. The normalized spacial score (nSPS) is 10.2. The molecule has 0 fully saturated rings. The largest absolute Gasteiger partial charge is 0.333 e. The highest BCUT2D eigenvalue weighted by Gasteiger charge is 1.99. The molecule has 0 bridgehead atoms. The minimum Gasteiger partial charge on any atom is -0.333 e. The summed E-state index contributed by atoms with van der Waals surface area (Å²) >= 11 is 5.90. The molecular formula is C9H8ClN3. The molecule has 0 saturated heterocycles. The van der Waals surface area contributed by atoms with Crippen LogP contribution in [0.2, 0.25) is 5.15 Å². The lowest BCUT2D eigenvalue weighted by atomic mass is 10.3. The average Bonchev–Trinajstić information content (AvgIpc) is 2.61. The maximum absolute atomic E-state index is 5.90. The van der Waals surface area contributed by atoms with Crippen molar-refractivity contribution in [2.45, 2.75) is 6.54 Å². The fourth-order valence-corrected chi connectivity index (χ4v) is 1.29. The van der Waals surface area contributed by atoms with Crippen LogP contribution in [-0.2, 0) is 6.54 Å². The van der Waals surface area contributed by atoms with Gasteiger partial charge in [0.05, 0.1) is 12.9 Å². The number of halogens is 1. The Bertz CT molecular complexity index is 384. The van der Waals surface area contributed by atoms with Crippen LogP contribution in [0.25, 0.3) is 0 Å². The van der Waals surface area contributed by atoms with Gasteiger partial charge in [0.1, 0.15) is 5.15 Å². The third-order valence-electron chi connectivity index (χ3n) is 1.75. The van der Waals surface area contributed by atoms with E-state index in [2.05, 4.69) is 9.97 Å². The maximum Gasteiger partial charge on any atom is 0.133 e. The van der Waals surface area contributed by atoms with Crippen molar-refractivity contribution >= 4 is 11.6 Å². The molecule has 3 nitrogen and oxygen atoms in total. The summed E-state index contributed by atoms with van der Waals surface area (Å²) < 4.78 is 1.95. The molecule has 2 heterocycles. The summed E-state index contributed by atoms with van der Waals surface area (Å²) in [5, 5.41) is 0.552. The first-order chi connectivity index (χ1) is 6.36. The Balaban J connectivity index is 2.24. The fraction of sp³-hybridized carbons (Fsp3) is 0.111. The summed E-state index contributed by atoms with van der Waals surface area (Å²) in [5.41, 5.74) is 1.00. The third-order valence-corrected chi connectivity index (χ3v) is 2.09. The summed E-state index contributed by atoms with van der Waals surface area (Å²) in [4.78, 5) is 7.94. The first-order valence-corrected chi connectivity index (χ1v) is 4.29. The highest BCUT2D eigenvalue weighted by molar-refractivity contribution is 6.30. The molecule has 2 aromatic heterocycles. The molecule has 0 unspecified atom stereocenters. The van der Waals surface area contributed by atoms with Gasteiger partial charge in [0.15, 0.2) is 0 Å². The molecule has 0 N–H and O–H groups in total. The predicted octanol–water partition coefficient (Wildman–Crippen LogP) is 1.98. The van der Waals surface area contributed by atoms with Crippen molar-refractivity contribution in [1.82, 2.24) is 14.5 Å². The third kappa shape index (κ3) is 1.87. The predicted molar refractivity (Wildman–Crippen MR) is 50.6 cm³/mol. The van der Waals surface area contributed by atoms with Crippen molar-refractivity contribution in [3.05, 3.63) is 47.8 Å². The van der Waals surface area contributed by atoms with E-state index in [1.165, 1.54) is 0 Å². The van der Waals surface area contributed by atoms with E-state index in [0.29, 0.717) is 11.7 Å². The van der Waals surface area contributed by atoms with Gasteiger partial charge in [-0.2, -0.15) is 0 Å². The number of nitrogens with zero attached hydrogens (tertiary/aromatic N) is 3. The van der Waals surface area contributed by atoms with E-state index in [-0.39, 0.29) is 0 Å². The zero-order chi connectivity index (χ0) is 9.10. The minimum atomic E-state index is 0.552. The van der Waals surface area contributed by atoms with E-state index in [1.54, 1.807) is 18.7 Å². The van der Waals surface area contributed by atoms with Crippen LogP contribution in [0, 0.1) is 0 Å². The van der Waals surface area contributed by atoms with Gasteiger partial charge in [0, 0.05) is 24.2 Å². The monoisotopic (exact) mass is 193 g/mol.